The molecule has 8 heteroatoms. The second-order valence-electron chi connectivity index (χ2n) is 5.46. The van der Waals surface area contributed by atoms with E-state index in [9.17, 15) is 27.1 Å². The van der Waals surface area contributed by atoms with E-state index in [1.807, 2.05) is 0 Å². The van der Waals surface area contributed by atoms with Crippen LogP contribution in [0.2, 0.25) is 0 Å². The minimum absolute atomic E-state index is 0.00113. The highest BCUT2D eigenvalue weighted by Crippen LogP contribution is 2.40. The van der Waals surface area contributed by atoms with E-state index >= 15 is 0 Å². The van der Waals surface area contributed by atoms with Crippen molar-refractivity contribution in [2.75, 3.05) is 0 Å². The monoisotopic (exact) mass is 361 g/mol. The summed E-state index contributed by atoms with van der Waals surface area (Å²) in [6.07, 6.45) is 1.56. The van der Waals surface area contributed by atoms with Gasteiger partial charge in [-0.3, -0.25) is 0 Å². The van der Waals surface area contributed by atoms with Gasteiger partial charge in [0.15, 0.2) is 23.3 Å². The Bertz CT molecular complexity index is 735. The van der Waals surface area contributed by atoms with Crippen LogP contribution in [-0.2, 0) is 6.54 Å². The number of halogens is 5. The van der Waals surface area contributed by atoms with Gasteiger partial charge >= 0.3 is 0 Å². The molecular weight excluding hydrogens is 349 g/mol. The zero-order chi connectivity index (χ0) is 17.4. The fraction of sp³-hybridized carbons (Fsp3) is 0.250. The quantitative estimate of drug-likeness (QED) is 0.360. The first kappa shape index (κ1) is 17.0. The fourth-order valence-electron chi connectivity index (χ4n) is 2.16. The number of phenolic OH excluding ortho intramolecular Hbond substituents is 1. The lowest BCUT2D eigenvalue weighted by Gasteiger charge is -2.21. The summed E-state index contributed by atoms with van der Waals surface area (Å²) in [7, 11) is 0. The van der Waals surface area contributed by atoms with E-state index < -0.39 is 34.0 Å². The molecule has 0 aliphatic heterocycles. The van der Waals surface area contributed by atoms with Crippen LogP contribution in [0.4, 0.5) is 22.0 Å². The van der Waals surface area contributed by atoms with Crippen LogP contribution in [0.3, 0.4) is 0 Å². The molecule has 1 fully saturated rings. The zero-order valence-electron chi connectivity index (χ0n) is 12.2. The van der Waals surface area contributed by atoms with Gasteiger partial charge in [-0.1, -0.05) is 12.1 Å². The van der Waals surface area contributed by atoms with Gasteiger partial charge < -0.3 is 5.11 Å². The molecule has 0 bridgehead atoms. The molecule has 2 aromatic carbocycles. The molecule has 1 aliphatic rings. The molecule has 0 saturated heterocycles. The maximum atomic E-state index is 13.8. The Morgan fingerprint density at radius 2 is 1.38 bits per heavy atom. The molecule has 1 saturated carbocycles. The Morgan fingerprint density at radius 3 is 1.88 bits per heavy atom. The van der Waals surface area contributed by atoms with Gasteiger partial charge in [0, 0.05) is 12.6 Å². The van der Waals surface area contributed by atoms with Gasteiger partial charge in [-0.25, -0.2) is 26.3 Å². The predicted octanol–water partition coefficient (Wildman–Crippen LogP) is 4.76. The SMILES string of the molecule is Oc1ccc(CN(Sc2c(F)c(F)c(F)c(F)c2F)C2CC2)cc1. The van der Waals surface area contributed by atoms with Crippen molar-refractivity contribution in [3.63, 3.8) is 0 Å². The Labute approximate surface area is 139 Å². The van der Waals surface area contributed by atoms with Crippen LogP contribution < -0.4 is 0 Å². The zero-order valence-corrected chi connectivity index (χ0v) is 13.0. The van der Waals surface area contributed by atoms with Crippen LogP contribution in [-0.4, -0.2) is 15.5 Å². The summed E-state index contributed by atoms with van der Waals surface area (Å²) in [6.45, 7) is 0.245. The third kappa shape index (κ3) is 3.34. The molecule has 0 aromatic heterocycles. The summed E-state index contributed by atoms with van der Waals surface area (Å²) in [4.78, 5) is -0.905. The van der Waals surface area contributed by atoms with Gasteiger partial charge in [-0.2, -0.15) is 0 Å². The molecule has 0 spiro atoms. The number of hydrogen-bond donors (Lipinski definition) is 1. The molecular formula is C16H12F5NOS. The van der Waals surface area contributed by atoms with Gasteiger partial charge in [0.2, 0.25) is 5.82 Å². The summed E-state index contributed by atoms with van der Waals surface area (Å²) in [6, 6.07) is 6.18. The molecule has 0 amide bonds. The molecule has 1 N–H and O–H groups in total. The number of phenols is 1. The number of hydrogen-bond acceptors (Lipinski definition) is 3. The van der Waals surface area contributed by atoms with Crippen molar-refractivity contribution in [2.24, 2.45) is 0 Å². The average molecular weight is 361 g/mol. The van der Waals surface area contributed by atoms with Crippen LogP contribution in [0.15, 0.2) is 29.2 Å². The first-order chi connectivity index (χ1) is 11.4. The molecule has 128 valence electrons. The van der Waals surface area contributed by atoms with E-state index in [1.165, 1.54) is 12.1 Å². The van der Waals surface area contributed by atoms with E-state index in [1.54, 1.807) is 16.4 Å². The third-order valence-electron chi connectivity index (χ3n) is 3.61. The molecule has 0 radical (unpaired) electrons. The topological polar surface area (TPSA) is 23.5 Å². The van der Waals surface area contributed by atoms with Crippen molar-refractivity contribution in [3.05, 3.63) is 58.9 Å². The highest BCUT2D eigenvalue weighted by atomic mass is 32.2. The van der Waals surface area contributed by atoms with Crippen LogP contribution in [0.25, 0.3) is 0 Å². The fourth-order valence-corrected chi connectivity index (χ4v) is 3.31. The van der Waals surface area contributed by atoms with Crippen molar-refractivity contribution in [3.8, 4) is 5.75 Å². The van der Waals surface area contributed by atoms with E-state index in [0.717, 1.165) is 18.4 Å². The lowest BCUT2D eigenvalue weighted by Crippen LogP contribution is -2.19. The number of benzene rings is 2. The Balaban J connectivity index is 1.88. The highest BCUT2D eigenvalue weighted by Gasteiger charge is 2.34. The first-order valence-corrected chi connectivity index (χ1v) is 7.89. The van der Waals surface area contributed by atoms with E-state index in [-0.39, 0.29) is 18.3 Å². The molecule has 0 heterocycles. The van der Waals surface area contributed by atoms with E-state index in [2.05, 4.69) is 0 Å². The van der Waals surface area contributed by atoms with Gasteiger partial charge in [0.1, 0.15) is 10.6 Å². The third-order valence-corrected chi connectivity index (χ3v) is 4.81. The molecule has 24 heavy (non-hydrogen) atoms. The Morgan fingerprint density at radius 1 is 0.875 bits per heavy atom. The highest BCUT2D eigenvalue weighted by molar-refractivity contribution is 7.97. The lowest BCUT2D eigenvalue weighted by atomic mass is 10.2. The summed E-state index contributed by atoms with van der Waals surface area (Å²) < 4.78 is 69.0. The van der Waals surface area contributed by atoms with E-state index in [0.29, 0.717) is 11.9 Å². The maximum absolute atomic E-state index is 13.8. The molecule has 0 atom stereocenters. The minimum Gasteiger partial charge on any atom is -0.508 e. The maximum Gasteiger partial charge on any atom is 0.200 e. The molecule has 2 nitrogen and oxygen atoms in total. The molecule has 3 rings (SSSR count). The van der Waals surface area contributed by atoms with E-state index in [4.69, 9.17) is 0 Å². The normalized spacial score (nSPS) is 14.4. The molecule has 1 aliphatic carbocycles. The number of aromatic hydroxyl groups is 1. The lowest BCUT2D eigenvalue weighted by molar-refractivity contribution is 0.358. The largest absolute Gasteiger partial charge is 0.508 e. The van der Waals surface area contributed by atoms with Crippen molar-refractivity contribution in [1.82, 2.24) is 4.31 Å². The Hall–Kier alpha value is -1.80. The predicted molar refractivity (Wildman–Crippen MR) is 78.8 cm³/mol. The van der Waals surface area contributed by atoms with Crippen molar-refractivity contribution >= 4 is 11.9 Å². The summed E-state index contributed by atoms with van der Waals surface area (Å²) >= 11 is 0.523. The Kier molecular flexibility index (Phi) is 4.69. The van der Waals surface area contributed by atoms with Crippen LogP contribution >= 0.6 is 11.9 Å². The second-order valence-corrected chi connectivity index (χ2v) is 6.52. The second kappa shape index (κ2) is 6.60. The van der Waals surface area contributed by atoms with Gasteiger partial charge in [-0.05, 0) is 42.5 Å². The van der Waals surface area contributed by atoms with Crippen molar-refractivity contribution in [2.45, 2.75) is 30.3 Å². The average Bonchev–Trinajstić information content (AvgIpc) is 3.41. The minimum atomic E-state index is -2.16. The van der Waals surface area contributed by atoms with Crippen molar-refractivity contribution in [1.29, 1.82) is 0 Å². The van der Waals surface area contributed by atoms with Gasteiger partial charge in [0.25, 0.3) is 0 Å². The summed E-state index contributed by atoms with van der Waals surface area (Å²) in [5.41, 5.74) is 0.746. The molecule has 0 unspecified atom stereocenters. The number of rotatable bonds is 5. The van der Waals surface area contributed by atoms with Crippen LogP contribution in [0.1, 0.15) is 18.4 Å². The number of nitrogens with zero attached hydrogens (tertiary/aromatic N) is 1. The molecule has 2 aromatic rings. The van der Waals surface area contributed by atoms with Crippen molar-refractivity contribution < 1.29 is 27.1 Å². The van der Waals surface area contributed by atoms with Gasteiger partial charge in [0.05, 0.1) is 0 Å². The summed E-state index contributed by atoms with van der Waals surface area (Å²) in [5, 5.41) is 9.27. The van der Waals surface area contributed by atoms with Crippen LogP contribution in [0, 0.1) is 29.1 Å². The van der Waals surface area contributed by atoms with Gasteiger partial charge in [-0.15, -0.1) is 0 Å². The first-order valence-electron chi connectivity index (χ1n) is 7.12. The van der Waals surface area contributed by atoms with Crippen LogP contribution in [0.5, 0.6) is 5.75 Å². The smallest absolute Gasteiger partial charge is 0.200 e. The standard InChI is InChI=1S/C16H12F5NOS/c17-11-12(18)14(20)16(15(21)13(11)19)24-22(9-3-4-9)7-8-1-5-10(23)6-2-8/h1-2,5-6,9,23H,3-4,7H2. The summed E-state index contributed by atoms with van der Waals surface area (Å²) in [5.74, 6) is -9.64.